The fraction of sp³-hybridized carbons (Fsp3) is 0.333. The Balaban J connectivity index is 1.40. The number of nitrogens with one attached hydrogen (secondary N) is 1. The first kappa shape index (κ1) is 20.4. The molecule has 2 amide bonds. The van der Waals surface area contributed by atoms with E-state index in [1.807, 2.05) is 18.2 Å². The second kappa shape index (κ2) is 8.53. The summed E-state index contributed by atoms with van der Waals surface area (Å²) >= 11 is 0. The number of ether oxygens (including phenoxy) is 2. The van der Waals surface area contributed by atoms with Crippen molar-refractivity contribution in [2.75, 3.05) is 13.7 Å². The zero-order valence-electron chi connectivity index (χ0n) is 17.8. The van der Waals surface area contributed by atoms with Crippen LogP contribution in [-0.4, -0.2) is 35.7 Å². The number of urea groups is 1. The molecule has 1 aliphatic carbocycles. The molecule has 7 nitrogen and oxygen atoms in total. The highest BCUT2D eigenvalue weighted by molar-refractivity contribution is 5.84. The number of oxazole rings is 1. The van der Waals surface area contributed by atoms with Gasteiger partial charge in [-0.1, -0.05) is 12.1 Å². The van der Waals surface area contributed by atoms with E-state index in [1.165, 1.54) is 23.8 Å². The van der Waals surface area contributed by atoms with Gasteiger partial charge in [0.1, 0.15) is 12.1 Å². The largest absolute Gasteiger partial charge is 0.493 e. The van der Waals surface area contributed by atoms with Crippen LogP contribution >= 0.6 is 0 Å². The Kier molecular flexibility index (Phi) is 5.43. The molecular weight excluding hydrogens is 413 g/mol. The summed E-state index contributed by atoms with van der Waals surface area (Å²) in [5.74, 6) is 1.20. The van der Waals surface area contributed by atoms with Crippen molar-refractivity contribution < 1.29 is 23.1 Å². The third kappa shape index (κ3) is 4.00. The molecule has 1 aliphatic heterocycles. The minimum atomic E-state index is -0.454. The minimum absolute atomic E-state index is 0.0883. The Bertz CT molecular complexity index is 1180. The number of nitrogens with zero attached hydrogens (tertiary/aromatic N) is 2. The van der Waals surface area contributed by atoms with Crippen LogP contribution < -0.4 is 14.8 Å². The smallest absolute Gasteiger partial charge is 0.322 e. The lowest BCUT2D eigenvalue weighted by Crippen LogP contribution is -2.41. The Morgan fingerprint density at radius 1 is 1.22 bits per heavy atom. The van der Waals surface area contributed by atoms with Crippen molar-refractivity contribution in [3.05, 3.63) is 59.9 Å². The highest BCUT2D eigenvalue weighted by Crippen LogP contribution is 2.34. The zero-order chi connectivity index (χ0) is 22.1. The summed E-state index contributed by atoms with van der Waals surface area (Å²) < 4.78 is 31.2. The summed E-state index contributed by atoms with van der Waals surface area (Å²) in [5.41, 5.74) is 2.34. The highest BCUT2D eigenvalue weighted by atomic mass is 19.1. The Morgan fingerprint density at radius 2 is 2.06 bits per heavy atom. The summed E-state index contributed by atoms with van der Waals surface area (Å²) in [6, 6.07) is 10.0. The van der Waals surface area contributed by atoms with Crippen molar-refractivity contribution in [2.24, 2.45) is 0 Å². The predicted molar refractivity (Wildman–Crippen MR) is 117 cm³/mol. The maximum Gasteiger partial charge on any atom is 0.322 e. The van der Waals surface area contributed by atoms with Crippen LogP contribution in [0.3, 0.4) is 0 Å². The summed E-state index contributed by atoms with van der Waals surface area (Å²) in [6.45, 7) is 0.470. The van der Waals surface area contributed by atoms with E-state index in [0.29, 0.717) is 23.6 Å². The molecule has 2 heterocycles. The molecule has 1 saturated carbocycles. The van der Waals surface area contributed by atoms with Gasteiger partial charge in [-0.15, -0.1) is 0 Å². The molecular formula is C24H24FN3O4. The maximum absolute atomic E-state index is 13.9. The van der Waals surface area contributed by atoms with Crippen molar-refractivity contribution in [1.29, 1.82) is 0 Å². The third-order valence-corrected chi connectivity index (χ3v) is 5.85. The van der Waals surface area contributed by atoms with E-state index in [4.69, 9.17) is 13.9 Å². The first-order valence-corrected chi connectivity index (χ1v) is 10.7. The van der Waals surface area contributed by atoms with Crippen molar-refractivity contribution in [3.63, 3.8) is 0 Å². The number of hydrogen-bond donors (Lipinski definition) is 1. The average Bonchev–Trinajstić information content (AvgIpc) is 3.45. The molecule has 1 N–H and O–H groups in total. The maximum atomic E-state index is 13.9. The van der Waals surface area contributed by atoms with Gasteiger partial charge in [0.25, 0.3) is 0 Å². The summed E-state index contributed by atoms with van der Waals surface area (Å²) in [4.78, 5) is 18.1. The lowest BCUT2D eigenvalue weighted by Gasteiger charge is -2.25. The Labute approximate surface area is 184 Å². The number of aromatic nitrogens is 1. The van der Waals surface area contributed by atoms with E-state index in [0.717, 1.165) is 24.0 Å². The van der Waals surface area contributed by atoms with Crippen molar-refractivity contribution >= 4 is 22.7 Å². The summed E-state index contributed by atoms with van der Waals surface area (Å²) in [5, 5.41) is 2.87. The van der Waals surface area contributed by atoms with Crippen LogP contribution in [-0.2, 0) is 6.54 Å². The van der Waals surface area contributed by atoms with Gasteiger partial charge >= 0.3 is 6.03 Å². The number of hydrogen-bond acceptors (Lipinski definition) is 5. The molecule has 0 saturated heterocycles. The first-order valence-electron chi connectivity index (χ1n) is 10.7. The number of fused-ring (bicyclic) bond motifs is 1. The van der Waals surface area contributed by atoms with Gasteiger partial charge in [-0.3, -0.25) is 4.90 Å². The fourth-order valence-electron chi connectivity index (χ4n) is 4.19. The van der Waals surface area contributed by atoms with E-state index < -0.39 is 5.82 Å². The normalized spacial score (nSPS) is 16.9. The van der Waals surface area contributed by atoms with Crippen LogP contribution in [0.15, 0.2) is 47.0 Å². The third-order valence-electron chi connectivity index (χ3n) is 5.85. The Hall–Kier alpha value is -3.55. The number of methoxy groups -OCH3 is 1. The lowest BCUT2D eigenvalue weighted by molar-refractivity contribution is 0.200. The molecule has 1 fully saturated rings. The van der Waals surface area contributed by atoms with E-state index in [9.17, 15) is 9.18 Å². The topological polar surface area (TPSA) is 76.8 Å². The highest BCUT2D eigenvalue weighted by Gasteiger charge is 2.23. The van der Waals surface area contributed by atoms with Crippen molar-refractivity contribution in [3.8, 4) is 11.5 Å². The van der Waals surface area contributed by atoms with Gasteiger partial charge in [0, 0.05) is 12.7 Å². The van der Waals surface area contributed by atoms with Gasteiger partial charge in [0.2, 0.25) is 5.89 Å². The summed E-state index contributed by atoms with van der Waals surface area (Å²) in [6.07, 6.45) is 6.42. The van der Waals surface area contributed by atoms with Crippen LogP contribution in [0.25, 0.3) is 16.7 Å². The number of halogens is 1. The van der Waals surface area contributed by atoms with E-state index in [2.05, 4.69) is 10.3 Å². The molecule has 0 atom stereocenters. The van der Waals surface area contributed by atoms with Crippen LogP contribution in [0.2, 0.25) is 0 Å². The number of rotatable bonds is 6. The SMILES string of the molecule is COc1ccc(C2=CN(Cc3nc4c(F)cccc4o3)C(=O)NC2)cc1OC1CCCC1. The van der Waals surface area contributed by atoms with Crippen molar-refractivity contribution in [2.45, 2.75) is 38.3 Å². The number of carbonyl (C=O) groups excluding carboxylic acids is 1. The molecule has 0 unspecified atom stereocenters. The van der Waals surface area contributed by atoms with E-state index >= 15 is 0 Å². The molecule has 3 aromatic rings. The summed E-state index contributed by atoms with van der Waals surface area (Å²) in [7, 11) is 1.63. The monoisotopic (exact) mass is 437 g/mol. The molecule has 5 rings (SSSR count). The van der Waals surface area contributed by atoms with Crippen LogP contribution in [0.1, 0.15) is 37.1 Å². The van der Waals surface area contributed by atoms with Gasteiger partial charge in [0.05, 0.1) is 13.2 Å². The van der Waals surface area contributed by atoms with Gasteiger partial charge in [0.15, 0.2) is 22.9 Å². The van der Waals surface area contributed by atoms with Crippen LogP contribution in [0.4, 0.5) is 9.18 Å². The second-order valence-corrected chi connectivity index (χ2v) is 8.03. The average molecular weight is 437 g/mol. The fourth-order valence-corrected chi connectivity index (χ4v) is 4.19. The molecule has 0 spiro atoms. The second-order valence-electron chi connectivity index (χ2n) is 8.03. The molecule has 166 valence electrons. The first-order chi connectivity index (χ1) is 15.6. The zero-order valence-corrected chi connectivity index (χ0v) is 17.8. The Morgan fingerprint density at radius 3 is 2.84 bits per heavy atom. The predicted octanol–water partition coefficient (Wildman–Crippen LogP) is 4.86. The standard InChI is InChI=1S/C24H24FN3O4/c1-30-19-10-9-15(11-21(19)31-17-5-2-3-6-17)16-12-26-24(29)28(13-16)14-22-27-23-18(25)7-4-8-20(23)32-22/h4,7-11,13,17H,2-3,5-6,12,14H2,1H3,(H,26,29). The van der Waals surface area contributed by atoms with E-state index in [-0.39, 0.29) is 30.1 Å². The van der Waals surface area contributed by atoms with E-state index in [1.54, 1.807) is 25.4 Å². The molecule has 0 bridgehead atoms. The number of carbonyl (C=O) groups is 1. The molecule has 8 heteroatoms. The molecule has 0 radical (unpaired) electrons. The van der Waals surface area contributed by atoms with Crippen LogP contribution in [0, 0.1) is 5.82 Å². The quantitative estimate of drug-likeness (QED) is 0.596. The lowest BCUT2D eigenvalue weighted by atomic mass is 10.0. The van der Waals surface area contributed by atoms with Gasteiger partial charge in [-0.25, -0.2) is 14.2 Å². The molecule has 2 aromatic carbocycles. The van der Waals surface area contributed by atoms with Gasteiger partial charge < -0.3 is 19.2 Å². The molecule has 2 aliphatic rings. The van der Waals surface area contributed by atoms with Crippen LogP contribution in [0.5, 0.6) is 11.5 Å². The van der Waals surface area contributed by atoms with Crippen molar-refractivity contribution in [1.82, 2.24) is 15.2 Å². The molecule has 1 aromatic heterocycles. The number of benzene rings is 2. The number of para-hydroxylation sites is 1. The minimum Gasteiger partial charge on any atom is -0.493 e. The molecule has 32 heavy (non-hydrogen) atoms. The number of amides is 2. The van der Waals surface area contributed by atoms with Gasteiger partial charge in [-0.05, 0) is 61.1 Å². The van der Waals surface area contributed by atoms with Gasteiger partial charge in [-0.2, -0.15) is 0 Å².